The monoisotopic (exact) mass is 260 g/mol. The van der Waals surface area contributed by atoms with Crippen LogP contribution in [-0.4, -0.2) is 58.8 Å². The third-order valence-electron chi connectivity index (χ3n) is 2.94. The largest absolute Gasteiger partial charge is 0.480 e. The number of nitrogens with one attached hydrogen (secondary N) is 1. The highest BCUT2D eigenvalue weighted by Crippen LogP contribution is 2.09. The van der Waals surface area contributed by atoms with E-state index < -0.39 is 12.0 Å². The Morgan fingerprint density at radius 1 is 1.28 bits per heavy atom. The quantitative estimate of drug-likeness (QED) is 0.545. The summed E-state index contributed by atoms with van der Waals surface area (Å²) in [5.74, 6) is -1.42. The maximum Gasteiger partial charge on any atom is 0.327 e. The molecular weight excluding hydrogens is 236 g/mol. The summed E-state index contributed by atoms with van der Waals surface area (Å²) in [6.07, 6.45) is 1.76. The summed E-state index contributed by atoms with van der Waals surface area (Å²) in [6, 6.07) is -0.720. The van der Waals surface area contributed by atoms with Crippen molar-refractivity contribution in [3.63, 3.8) is 0 Å². The molecule has 1 unspecified atom stereocenters. The summed E-state index contributed by atoms with van der Waals surface area (Å²) in [6.45, 7) is 5.93. The number of aliphatic carboxylic acids is 1. The van der Waals surface area contributed by atoms with E-state index in [0.717, 1.165) is 12.8 Å². The molecule has 0 bridgehead atoms. The molecule has 0 aromatic heterocycles. The van der Waals surface area contributed by atoms with Crippen LogP contribution in [0.25, 0.3) is 0 Å². The molecular formula is C12H24N2O4. The van der Waals surface area contributed by atoms with Crippen LogP contribution in [0.5, 0.6) is 0 Å². The van der Waals surface area contributed by atoms with Crippen molar-refractivity contribution in [2.24, 2.45) is 0 Å². The molecule has 0 radical (unpaired) electrons. The summed E-state index contributed by atoms with van der Waals surface area (Å²) >= 11 is 0. The lowest BCUT2D eigenvalue weighted by Gasteiger charge is -2.32. The zero-order valence-corrected chi connectivity index (χ0v) is 11.3. The van der Waals surface area contributed by atoms with Crippen LogP contribution in [0.15, 0.2) is 0 Å². The highest BCUT2D eigenvalue weighted by atomic mass is 16.4. The Bertz CT molecular complexity index is 267. The first-order chi connectivity index (χ1) is 8.46. The molecule has 0 aromatic rings. The third-order valence-corrected chi connectivity index (χ3v) is 2.94. The lowest BCUT2D eigenvalue weighted by molar-refractivity contribution is -0.142. The topological polar surface area (TPSA) is 89.9 Å². The van der Waals surface area contributed by atoms with Crippen molar-refractivity contribution in [3.8, 4) is 0 Å². The van der Waals surface area contributed by atoms with Crippen LogP contribution < -0.4 is 5.32 Å². The highest BCUT2D eigenvalue weighted by Gasteiger charge is 2.24. The van der Waals surface area contributed by atoms with Gasteiger partial charge in [0.1, 0.15) is 6.04 Å². The predicted molar refractivity (Wildman–Crippen MR) is 68.3 cm³/mol. The van der Waals surface area contributed by atoms with Crippen LogP contribution in [-0.2, 0) is 9.59 Å². The van der Waals surface area contributed by atoms with Crippen LogP contribution >= 0.6 is 0 Å². The van der Waals surface area contributed by atoms with E-state index in [0.29, 0.717) is 6.54 Å². The average Bonchev–Trinajstić information content (AvgIpc) is 2.29. The highest BCUT2D eigenvalue weighted by molar-refractivity contribution is 5.82. The van der Waals surface area contributed by atoms with Gasteiger partial charge >= 0.3 is 5.97 Å². The molecule has 0 rings (SSSR count). The van der Waals surface area contributed by atoms with E-state index in [1.54, 1.807) is 0 Å². The zero-order valence-electron chi connectivity index (χ0n) is 11.3. The van der Waals surface area contributed by atoms with E-state index in [4.69, 9.17) is 10.2 Å². The van der Waals surface area contributed by atoms with E-state index in [1.165, 1.54) is 6.92 Å². The number of hydrogen-bond donors (Lipinski definition) is 3. The summed E-state index contributed by atoms with van der Waals surface area (Å²) in [5.41, 5.74) is 0. The first-order valence-electron chi connectivity index (χ1n) is 6.31. The van der Waals surface area contributed by atoms with Gasteiger partial charge in [-0.25, -0.2) is 4.79 Å². The van der Waals surface area contributed by atoms with Crippen LogP contribution in [0.1, 0.15) is 33.6 Å². The molecule has 6 heteroatoms. The summed E-state index contributed by atoms with van der Waals surface area (Å²) in [5, 5.41) is 20.5. The van der Waals surface area contributed by atoms with Crippen molar-refractivity contribution in [3.05, 3.63) is 0 Å². The number of hydrogen-bond acceptors (Lipinski definition) is 4. The Balaban J connectivity index is 4.68. The normalized spacial score (nSPS) is 12.8. The lowest BCUT2D eigenvalue weighted by atomic mass is 10.1. The van der Waals surface area contributed by atoms with Gasteiger partial charge in [0.05, 0.1) is 6.61 Å². The number of aliphatic hydroxyl groups is 1. The molecule has 0 aliphatic heterocycles. The molecule has 3 N–H and O–H groups in total. The van der Waals surface area contributed by atoms with Crippen LogP contribution in [0.4, 0.5) is 0 Å². The molecule has 6 nitrogen and oxygen atoms in total. The minimum absolute atomic E-state index is 0.0249. The second kappa shape index (κ2) is 8.88. The number of amides is 1. The summed E-state index contributed by atoms with van der Waals surface area (Å²) < 4.78 is 0. The number of rotatable bonds is 9. The number of carbonyl (C=O) groups excluding carboxylic acids is 1. The molecule has 1 atom stereocenters. The molecule has 0 fully saturated rings. The van der Waals surface area contributed by atoms with E-state index in [2.05, 4.69) is 5.32 Å². The third kappa shape index (κ3) is 5.97. The fraction of sp³-hybridized carbons (Fsp3) is 0.833. The number of carbonyl (C=O) groups is 2. The molecule has 0 heterocycles. The fourth-order valence-electron chi connectivity index (χ4n) is 2.02. The number of carboxylic acids is 1. The average molecular weight is 260 g/mol. The van der Waals surface area contributed by atoms with Gasteiger partial charge in [-0.2, -0.15) is 0 Å². The van der Waals surface area contributed by atoms with E-state index >= 15 is 0 Å². The Morgan fingerprint density at radius 2 is 1.83 bits per heavy atom. The molecule has 0 spiro atoms. The zero-order chi connectivity index (χ0) is 14.1. The standard InChI is InChI=1S/C12H24N2O4/c1-4-10(5-2)14(6-7-15)8-11(12(17)18)13-9(3)16/h10-11,15H,4-8H2,1-3H3,(H,13,16)(H,17,18). The Labute approximate surface area is 108 Å². The molecule has 1 amide bonds. The van der Waals surface area contributed by atoms with Crippen molar-refractivity contribution in [1.82, 2.24) is 10.2 Å². The van der Waals surface area contributed by atoms with Crippen molar-refractivity contribution in [1.29, 1.82) is 0 Å². The molecule has 18 heavy (non-hydrogen) atoms. The summed E-state index contributed by atoms with van der Waals surface area (Å²) in [4.78, 5) is 23.9. The number of carboxylic acid groups (broad SMARTS) is 1. The smallest absolute Gasteiger partial charge is 0.327 e. The van der Waals surface area contributed by atoms with Gasteiger partial charge in [-0.15, -0.1) is 0 Å². The van der Waals surface area contributed by atoms with E-state index in [9.17, 15) is 9.59 Å². The predicted octanol–water partition coefficient (Wildman–Crippen LogP) is 0.0586. The Morgan fingerprint density at radius 3 is 2.17 bits per heavy atom. The van der Waals surface area contributed by atoms with E-state index in [1.807, 2.05) is 18.7 Å². The Hall–Kier alpha value is -1.14. The molecule has 0 aliphatic carbocycles. The SMILES string of the molecule is CCC(CC)N(CCO)CC(NC(C)=O)C(=O)O. The second-order valence-electron chi connectivity index (χ2n) is 4.28. The molecule has 0 saturated heterocycles. The van der Waals surface area contributed by atoms with Gasteiger partial charge in [0.25, 0.3) is 0 Å². The maximum atomic E-state index is 11.1. The first-order valence-corrected chi connectivity index (χ1v) is 6.31. The lowest BCUT2D eigenvalue weighted by Crippen LogP contribution is -2.51. The number of nitrogens with zero attached hydrogens (tertiary/aromatic N) is 1. The van der Waals surface area contributed by atoms with Crippen LogP contribution in [0, 0.1) is 0 Å². The molecule has 0 aromatic carbocycles. The molecule has 106 valence electrons. The van der Waals surface area contributed by atoms with Gasteiger partial charge in [0.15, 0.2) is 0 Å². The molecule has 0 aliphatic rings. The van der Waals surface area contributed by atoms with Gasteiger partial charge in [-0.3, -0.25) is 9.69 Å². The number of aliphatic hydroxyl groups excluding tert-OH is 1. The maximum absolute atomic E-state index is 11.1. The van der Waals surface area contributed by atoms with Crippen molar-refractivity contribution in [2.75, 3.05) is 19.7 Å². The minimum atomic E-state index is -1.06. The van der Waals surface area contributed by atoms with Gasteiger partial charge in [-0.1, -0.05) is 13.8 Å². The van der Waals surface area contributed by atoms with Crippen molar-refractivity contribution < 1.29 is 19.8 Å². The second-order valence-corrected chi connectivity index (χ2v) is 4.28. The van der Waals surface area contributed by atoms with E-state index in [-0.39, 0.29) is 25.1 Å². The molecule has 0 saturated carbocycles. The van der Waals surface area contributed by atoms with Crippen molar-refractivity contribution >= 4 is 11.9 Å². The van der Waals surface area contributed by atoms with Gasteiger partial charge in [0, 0.05) is 26.1 Å². The van der Waals surface area contributed by atoms with Gasteiger partial charge in [-0.05, 0) is 12.8 Å². The van der Waals surface area contributed by atoms with Gasteiger partial charge in [0.2, 0.25) is 5.91 Å². The van der Waals surface area contributed by atoms with Crippen molar-refractivity contribution in [2.45, 2.75) is 45.7 Å². The van der Waals surface area contributed by atoms with Crippen LogP contribution in [0.2, 0.25) is 0 Å². The Kier molecular flexibility index (Phi) is 8.32. The van der Waals surface area contributed by atoms with Crippen LogP contribution in [0.3, 0.4) is 0 Å². The minimum Gasteiger partial charge on any atom is -0.480 e. The summed E-state index contributed by atoms with van der Waals surface area (Å²) in [7, 11) is 0. The fourth-order valence-corrected chi connectivity index (χ4v) is 2.02. The van der Waals surface area contributed by atoms with Gasteiger partial charge < -0.3 is 15.5 Å². The first kappa shape index (κ1) is 16.9.